The van der Waals surface area contributed by atoms with Crippen LogP contribution in [0, 0.1) is 0 Å². The van der Waals surface area contributed by atoms with Gasteiger partial charge in [-0.1, -0.05) is 34.0 Å². The number of nitrogens with one attached hydrogen (secondary N) is 1. The Balaban J connectivity index is 1.74. The summed E-state index contributed by atoms with van der Waals surface area (Å²) in [4.78, 5) is 12.4. The molecule has 3 aromatic rings. The smallest absolute Gasteiger partial charge is 0.322 e. The van der Waals surface area contributed by atoms with Crippen LogP contribution in [0.3, 0.4) is 0 Å². The van der Waals surface area contributed by atoms with Crippen molar-refractivity contribution >= 4 is 37.7 Å². The maximum Gasteiger partial charge on any atom is 0.322 e. The van der Waals surface area contributed by atoms with Crippen LogP contribution in [0.5, 0.6) is 0 Å². The van der Waals surface area contributed by atoms with Gasteiger partial charge in [0.25, 0.3) is 5.91 Å². The first kappa shape index (κ1) is 18.3. The molecule has 9 heteroatoms. The number of nitrogens with zero attached hydrogens (tertiary/aromatic N) is 2. The zero-order valence-electron chi connectivity index (χ0n) is 13.6. The predicted octanol–water partition coefficient (Wildman–Crippen LogP) is 3.55. The van der Waals surface area contributed by atoms with E-state index in [-0.39, 0.29) is 28.1 Å². The number of aromatic nitrogens is 2. The van der Waals surface area contributed by atoms with Gasteiger partial charge in [0.1, 0.15) is 0 Å². The molecule has 1 amide bonds. The molecule has 1 N–H and O–H groups in total. The van der Waals surface area contributed by atoms with E-state index in [0.29, 0.717) is 5.56 Å². The molecule has 0 fully saturated rings. The van der Waals surface area contributed by atoms with Crippen molar-refractivity contribution in [1.82, 2.24) is 10.2 Å². The van der Waals surface area contributed by atoms with Gasteiger partial charge in [-0.15, -0.1) is 5.10 Å². The van der Waals surface area contributed by atoms with E-state index in [1.165, 1.54) is 24.3 Å². The third kappa shape index (κ3) is 4.00. The minimum Gasteiger partial charge on any atom is -0.403 e. The number of hydrogen-bond acceptors (Lipinski definition) is 6. The van der Waals surface area contributed by atoms with Crippen LogP contribution in [-0.4, -0.2) is 30.3 Å². The van der Waals surface area contributed by atoms with Crippen LogP contribution in [0.2, 0.25) is 0 Å². The van der Waals surface area contributed by atoms with Crippen LogP contribution in [-0.2, 0) is 9.84 Å². The van der Waals surface area contributed by atoms with Crippen LogP contribution in [0.1, 0.15) is 17.3 Å². The van der Waals surface area contributed by atoms with Gasteiger partial charge >= 0.3 is 6.01 Å². The number of sulfone groups is 1. The number of anilines is 1. The Kier molecular flexibility index (Phi) is 5.19. The fourth-order valence-corrected chi connectivity index (χ4v) is 3.44. The van der Waals surface area contributed by atoms with Gasteiger partial charge in [0.15, 0.2) is 9.84 Å². The average molecular weight is 436 g/mol. The Morgan fingerprint density at radius 2 is 1.88 bits per heavy atom. The highest BCUT2D eigenvalue weighted by Crippen LogP contribution is 2.23. The largest absolute Gasteiger partial charge is 0.403 e. The fourth-order valence-electron chi connectivity index (χ4n) is 2.16. The minimum atomic E-state index is -3.31. The van der Waals surface area contributed by atoms with Gasteiger partial charge in [0.2, 0.25) is 5.89 Å². The highest BCUT2D eigenvalue weighted by Gasteiger charge is 2.15. The molecule has 0 saturated heterocycles. The third-order valence-corrected chi connectivity index (χ3v) is 5.82. The molecule has 0 saturated carbocycles. The summed E-state index contributed by atoms with van der Waals surface area (Å²) in [6.07, 6.45) is 0. The van der Waals surface area contributed by atoms with Crippen LogP contribution in [0.15, 0.2) is 62.3 Å². The van der Waals surface area contributed by atoms with Crippen LogP contribution >= 0.6 is 15.9 Å². The molecular formula is C17H14BrN3O4S. The third-order valence-electron chi connectivity index (χ3n) is 3.57. The first-order valence-electron chi connectivity index (χ1n) is 7.62. The molecule has 0 bridgehead atoms. The summed E-state index contributed by atoms with van der Waals surface area (Å²) in [6, 6.07) is 12.9. The van der Waals surface area contributed by atoms with Gasteiger partial charge in [0, 0.05) is 15.6 Å². The summed E-state index contributed by atoms with van der Waals surface area (Å²) < 4.78 is 29.9. The van der Waals surface area contributed by atoms with Crippen molar-refractivity contribution in [1.29, 1.82) is 0 Å². The molecule has 0 aliphatic heterocycles. The minimum absolute atomic E-state index is 0.00109. The normalized spacial score (nSPS) is 11.3. The molecular weight excluding hydrogens is 422 g/mol. The van der Waals surface area contributed by atoms with E-state index in [9.17, 15) is 13.2 Å². The summed E-state index contributed by atoms with van der Waals surface area (Å²) in [5.41, 5.74) is 0.990. The molecule has 0 aliphatic carbocycles. The Hall–Kier alpha value is -2.52. The highest BCUT2D eigenvalue weighted by atomic mass is 79.9. The highest BCUT2D eigenvalue weighted by molar-refractivity contribution is 9.10. The molecule has 0 unspecified atom stereocenters. The number of carbonyl (C=O) groups excluding carboxylic acids is 1. The lowest BCUT2D eigenvalue weighted by molar-refractivity contribution is 0.102. The maximum atomic E-state index is 12.2. The summed E-state index contributed by atoms with van der Waals surface area (Å²) in [6.45, 7) is 1.56. The molecule has 0 atom stereocenters. The standard InChI is InChI=1S/C17H14BrN3O4S/c1-2-26(23,24)14-8-6-11(7-9-14)15(22)19-17-21-20-16(25-17)12-4-3-5-13(18)10-12/h3-10H,2H2,1H3,(H,19,21,22). The molecule has 7 nitrogen and oxygen atoms in total. The van der Waals surface area contributed by atoms with E-state index >= 15 is 0 Å². The molecule has 26 heavy (non-hydrogen) atoms. The van der Waals surface area contributed by atoms with Crippen molar-refractivity contribution in [3.05, 3.63) is 58.6 Å². The Labute approximate surface area is 158 Å². The van der Waals surface area contributed by atoms with E-state index in [4.69, 9.17) is 4.42 Å². The lowest BCUT2D eigenvalue weighted by Crippen LogP contribution is -2.12. The maximum absolute atomic E-state index is 12.2. The van der Waals surface area contributed by atoms with Crippen molar-refractivity contribution in [3.63, 3.8) is 0 Å². The van der Waals surface area contributed by atoms with Crippen molar-refractivity contribution in [2.45, 2.75) is 11.8 Å². The van der Waals surface area contributed by atoms with E-state index in [0.717, 1.165) is 4.47 Å². The monoisotopic (exact) mass is 435 g/mol. The van der Waals surface area contributed by atoms with Gasteiger partial charge in [-0.3, -0.25) is 10.1 Å². The number of amides is 1. The molecule has 0 radical (unpaired) electrons. The SMILES string of the molecule is CCS(=O)(=O)c1ccc(C(=O)Nc2nnc(-c3cccc(Br)c3)o2)cc1. The second-order valence-corrected chi connectivity index (χ2v) is 8.50. The number of rotatable bonds is 5. The van der Waals surface area contributed by atoms with Crippen LogP contribution in [0.4, 0.5) is 6.01 Å². The molecule has 3 rings (SSSR count). The quantitative estimate of drug-likeness (QED) is 0.657. The number of hydrogen-bond donors (Lipinski definition) is 1. The summed E-state index contributed by atoms with van der Waals surface area (Å²) in [7, 11) is -3.31. The lowest BCUT2D eigenvalue weighted by Gasteiger charge is -2.03. The van der Waals surface area contributed by atoms with Crippen molar-refractivity contribution in [2.75, 3.05) is 11.1 Å². The number of carbonyl (C=O) groups is 1. The molecule has 0 aliphatic rings. The topological polar surface area (TPSA) is 102 Å². The first-order valence-corrected chi connectivity index (χ1v) is 10.1. The van der Waals surface area contributed by atoms with Gasteiger partial charge in [-0.2, -0.15) is 0 Å². The zero-order chi connectivity index (χ0) is 18.7. The van der Waals surface area contributed by atoms with Crippen LogP contribution < -0.4 is 5.32 Å². The van der Waals surface area contributed by atoms with Crippen molar-refractivity contribution < 1.29 is 17.6 Å². The van der Waals surface area contributed by atoms with Gasteiger partial charge in [-0.05, 0) is 42.5 Å². The molecule has 2 aromatic carbocycles. The second kappa shape index (κ2) is 7.38. The Morgan fingerprint density at radius 3 is 2.54 bits per heavy atom. The summed E-state index contributed by atoms with van der Waals surface area (Å²) in [5, 5.41) is 10.2. The molecule has 0 spiro atoms. The van der Waals surface area contributed by atoms with E-state index < -0.39 is 15.7 Å². The fraction of sp³-hybridized carbons (Fsp3) is 0.118. The number of benzene rings is 2. The van der Waals surface area contributed by atoms with Crippen molar-refractivity contribution in [3.8, 4) is 11.5 Å². The predicted molar refractivity (Wildman–Crippen MR) is 99.6 cm³/mol. The first-order chi connectivity index (χ1) is 12.4. The average Bonchev–Trinajstić information content (AvgIpc) is 3.10. The molecule has 134 valence electrons. The summed E-state index contributed by atoms with van der Waals surface area (Å²) >= 11 is 3.36. The second-order valence-electron chi connectivity index (χ2n) is 5.30. The Bertz CT molecular complexity index is 1050. The zero-order valence-corrected chi connectivity index (χ0v) is 16.0. The van der Waals surface area contributed by atoms with Gasteiger partial charge < -0.3 is 4.42 Å². The van der Waals surface area contributed by atoms with Gasteiger partial charge in [-0.25, -0.2) is 8.42 Å². The molecule has 1 heterocycles. The Morgan fingerprint density at radius 1 is 1.15 bits per heavy atom. The number of halogens is 1. The van der Waals surface area contributed by atoms with E-state index in [1.807, 2.05) is 18.2 Å². The summed E-state index contributed by atoms with van der Waals surface area (Å²) in [5.74, 6) is -0.209. The van der Waals surface area contributed by atoms with E-state index in [1.54, 1.807) is 13.0 Å². The molecule has 1 aromatic heterocycles. The van der Waals surface area contributed by atoms with Crippen molar-refractivity contribution in [2.24, 2.45) is 0 Å². The van der Waals surface area contributed by atoms with Gasteiger partial charge in [0.05, 0.1) is 10.6 Å². The van der Waals surface area contributed by atoms with E-state index in [2.05, 4.69) is 31.4 Å². The lowest BCUT2D eigenvalue weighted by atomic mass is 10.2. The van der Waals surface area contributed by atoms with Crippen LogP contribution in [0.25, 0.3) is 11.5 Å².